The van der Waals surface area contributed by atoms with Crippen molar-refractivity contribution >= 4 is 11.9 Å². The summed E-state index contributed by atoms with van der Waals surface area (Å²) in [4.78, 5) is 24.4. The molecule has 0 bridgehead atoms. The van der Waals surface area contributed by atoms with Gasteiger partial charge in [0.1, 0.15) is 0 Å². The number of hydrogen-bond acceptors (Lipinski definition) is 5. The van der Waals surface area contributed by atoms with Crippen LogP contribution in [-0.4, -0.2) is 47.4 Å². The van der Waals surface area contributed by atoms with Crippen LogP contribution in [0.4, 0.5) is 0 Å². The largest absolute Gasteiger partial charge is 0.466 e. The predicted octanol–water partition coefficient (Wildman–Crippen LogP) is 18.6. The molecule has 0 rings (SSSR count). The van der Waals surface area contributed by atoms with E-state index in [2.05, 4.69) is 67.8 Å². The molecule has 6 heteroatoms. The Kier molecular flexibility index (Phi) is 55.6. The fraction of sp³-hybridized carbons (Fsp3) is 0.839. The van der Waals surface area contributed by atoms with Gasteiger partial charge < -0.3 is 20.3 Å². The number of esters is 1. The molecule has 0 aromatic carbocycles. The van der Waals surface area contributed by atoms with Crippen molar-refractivity contribution in [2.24, 2.45) is 0 Å². The maximum atomic E-state index is 12.4. The van der Waals surface area contributed by atoms with Crippen molar-refractivity contribution < 1.29 is 24.5 Å². The van der Waals surface area contributed by atoms with Gasteiger partial charge >= 0.3 is 5.97 Å². The van der Waals surface area contributed by atoms with Crippen molar-refractivity contribution in [1.29, 1.82) is 0 Å². The molecule has 0 saturated carbocycles. The number of aliphatic hydroxyl groups excluding tert-OH is 2. The van der Waals surface area contributed by atoms with Crippen LogP contribution in [-0.2, 0) is 14.3 Å². The number of nitrogens with one attached hydrogen (secondary N) is 1. The molecule has 0 aromatic heterocycles. The monoisotopic (exact) mass is 954 g/mol. The van der Waals surface area contributed by atoms with Crippen molar-refractivity contribution in [2.45, 2.75) is 321 Å². The van der Waals surface area contributed by atoms with Crippen molar-refractivity contribution in [3.63, 3.8) is 0 Å². The van der Waals surface area contributed by atoms with Crippen molar-refractivity contribution in [1.82, 2.24) is 5.32 Å². The average molecular weight is 955 g/mol. The van der Waals surface area contributed by atoms with E-state index in [1.165, 1.54) is 218 Å². The third-order valence-corrected chi connectivity index (χ3v) is 13.6. The molecule has 0 aliphatic heterocycles. The second-order valence-electron chi connectivity index (χ2n) is 20.3. The van der Waals surface area contributed by atoms with Crippen molar-refractivity contribution in [2.75, 3.05) is 13.2 Å². The highest BCUT2D eigenvalue weighted by Crippen LogP contribution is 2.17. The fourth-order valence-corrected chi connectivity index (χ4v) is 9.00. The van der Waals surface area contributed by atoms with E-state index < -0.39 is 12.1 Å². The zero-order valence-corrected chi connectivity index (χ0v) is 45.3. The molecule has 2 unspecified atom stereocenters. The Morgan fingerprint density at radius 1 is 0.412 bits per heavy atom. The first-order valence-corrected chi connectivity index (χ1v) is 29.9. The molecular formula is C62H115NO5. The first-order valence-electron chi connectivity index (χ1n) is 29.9. The zero-order valence-electron chi connectivity index (χ0n) is 45.3. The van der Waals surface area contributed by atoms with Crippen LogP contribution in [0.1, 0.15) is 309 Å². The Morgan fingerprint density at radius 2 is 0.765 bits per heavy atom. The highest BCUT2D eigenvalue weighted by atomic mass is 16.5. The van der Waals surface area contributed by atoms with E-state index >= 15 is 0 Å². The quantitative estimate of drug-likeness (QED) is 0.0321. The Balaban J connectivity index is 3.42. The number of hydrogen-bond donors (Lipinski definition) is 3. The molecule has 0 heterocycles. The van der Waals surface area contributed by atoms with Gasteiger partial charge in [0.05, 0.1) is 25.4 Å². The SMILES string of the molecule is CCC/C=C\C/C=C\CCCCCCCC(=O)OCCCCCCCCCCC/C=C\C/C=C\CCCCCCCCCCCCCC(=O)NC(CO)C(O)CCCCCCCCCCCCC. The van der Waals surface area contributed by atoms with E-state index in [0.29, 0.717) is 25.9 Å². The normalized spacial score (nSPS) is 12.9. The topological polar surface area (TPSA) is 95.9 Å². The molecule has 68 heavy (non-hydrogen) atoms. The van der Waals surface area contributed by atoms with Crippen LogP contribution in [0.5, 0.6) is 0 Å². The number of allylic oxidation sites excluding steroid dienone is 8. The maximum Gasteiger partial charge on any atom is 0.305 e. The summed E-state index contributed by atoms with van der Waals surface area (Å²) in [5.41, 5.74) is 0. The maximum absolute atomic E-state index is 12.4. The Morgan fingerprint density at radius 3 is 1.18 bits per heavy atom. The van der Waals surface area contributed by atoms with Crippen molar-refractivity contribution in [3.05, 3.63) is 48.6 Å². The molecular weight excluding hydrogens is 839 g/mol. The molecule has 6 nitrogen and oxygen atoms in total. The van der Waals surface area contributed by atoms with Crippen LogP contribution < -0.4 is 5.32 Å². The predicted molar refractivity (Wildman–Crippen MR) is 296 cm³/mol. The number of aliphatic hydroxyl groups is 2. The van der Waals surface area contributed by atoms with E-state index in [1.807, 2.05) is 0 Å². The molecule has 0 radical (unpaired) electrons. The summed E-state index contributed by atoms with van der Waals surface area (Å²) in [6, 6.07) is -0.543. The van der Waals surface area contributed by atoms with Gasteiger partial charge in [0.15, 0.2) is 0 Å². The molecule has 2 atom stereocenters. The minimum absolute atomic E-state index is 0.00529. The molecule has 0 aliphatic rings. The molecule has 398 valence electrons. The lowest BCUT2D eigenvalue weighted by Gasteiger charge is -2.22. The molecule has 0 spiro atoms. The highest BCUT2D eigenvalue weighted by molar-refractivity contribution is 5.76. The van der Waals surface area contributed by atoms with E-state index in [4.69, 9.17) is 4.74 Å². The zero-order chi connectivity index (χ0) is 49.3. The minimum Gasteiger partial charge on any atom is -0.466 e. The fourth-order valence-electron chi connectivity index (χ4n) is 9.00. The van der Waals surface area contributed by atoms with Crippen molar-refractivity contribution in [3.8, 4) is 0 Å². The van der Waals surface area contributed by atoms with Gasteiger partial charge in [-0.15, -0.1) is 0 Å². The summed E-state index contributed by atoms with van der Waals surface area (Å²) >= 11 is 0. The van der Waals surface area contributed by atoms with E-state index in [0.717, 1.165) is 57.8 Å². The molecule has 0 aromatic rings. The number of unbranched alkanes of at least 4 members (excludes halogenated alkanes) is 36. The first kappa shape index (κ1) is 65.8. The van der Waals surface area contributed by atoms with Crippen LogP contribution >= 0.6 is 0 Å². The Bertz CT molecular complexity index is 1150. The van der Waals surface area contributed by atoms with Crippen LogP contribution in [0, 0.1) is 0 Å². The van der Waals surface area contributed by atoms with Gasteiger partial charge in [-0.05, 0) is 83.5 Å². The second kappa shape index (κ2) is 57.4. The summed E-state index contributed by atoms with van der Waals surface area (Å²) in [5, 5.41) is 23.2. The standard InChI is InChI=1S/C62H115NO5/c1-3-5-7-9-11-13-15-31-36-40-44-48-52-56-62(67)68-57-53-49-45-41-37-33-30-28-26-24-22-20-18-16-17-19-21-23-25-27-29-32-35-39-43-47-51-55-61(66)63-59(58-64)60(65)54-50-46-42-38-34-14-12-10-8-6-4-2/h7,9,13,15-17,20,22,59-60,64-65H,3-6,8,10-12,14,18-19,21,23-58H2,1-2H3,(H,63,66)/b9-7-,15-13-,17-16-,22-20-. The summed E-state index contributed by atoms with van der Waals surface area (Å²) in [5.74, 6) is -0.0447. The summed E-state index contributed by atoms with van der Waals surface area (Å²) in [7, 11) is 0. The van der Waals surface area contributed by atoms with Gasteiger partial charge in [-0.1, -0.05) is 262 Å². The molecule has 0 saturated heterocycles. The number of carbonyl (C=O) groups excluding carboxylic acids is 2. The average Bonchev–Trinajstić information content (AvgIpc) is 3.34. The third-order valence-electron chi connectivity index (χ3n) is 13.6. The number of amides is 1. The summed E-state index contributed by atoms with van der Waals surface area (Å²) in [6.07, 6.45) is 72.6. The number of carbonyl (C=O) groups is 2. The molecule has 1 amide bonds. The lowest BCUT2D eigenvalue weighted by Crippen LogP contribution is -2.45. The highest BCUT2D eigenvalue weighted by Gasteiger charge is 2.20. The van der Waals surface area contributed by atoms with Crippen LogP contribution in [0.3, 0.4) is 0 Å². The summed E-state index contributed by atoms with van der Waals surface area (Å²) in [6.45, 7) is 4.87. The van der Waals surface area contributed by atoms with E-state index in [1.54, 1.807) is 0 Å². The van der Waals surface area contributed by atoms with Gasteiger partial charge in [-0.3, -0.25) is 9.59 Å². The minimum atomic E-state index is -0.665. The summed E-state index contributed by atoms with van der Waals surface area (Å²) < 4.78 is 5.46. The first-order chi connectivity index (χ1) is 33.5. The second-order valence-corrected chi connectivity index (χ2v) is 20.3. The third kappa shape index (κ3) is 53.2. The van der Waals surface area contributed by atoms with Gasteiger partial charge in [0.2, 0.25) is 5.91 Å². The van der Waals surface area contributed by atoms with Crippen LogP contribution in [0.25, 0.3) is 0 Å². The lowest BCUT2D eigenvalue weighted by atomic mass is 10.0. The van der Waals surface area contributed by atoms with Gasteiger partial charge in [-0.25, -0.2) is 0 Å². The number of ether oxygens (including phenoxy) is 1. The van der Waals surface area contributed by atoms with Gasteiger partial charge in [0.25, 0.3) is 0 Å². The van der Waals surface area contributed by atoms with E-state index in [-0.39, 0.29) is 18.5 Å². The number of rotatable bonds is 55. The van der Waals surface area contributed by atoms with Gasteiger partial charge in [0, 0.05) is 12.8 Å². The van der Waals surface area contributed by atoms with Crippen LogP contribution in [0.2, 0.25) is 0 Å². The van der Waals surface area contributed by atoms with Gasteiger partial charge in [-0.2, -0.15) is 0 Å². The smallest absolute Gasteiger partial charge is 0.305 e. The lowest BCUT2D eigenvalue weighted by molar-refractivity contribution is -0.143. The Labute approximate surface area is 423 Å². The van der Waals surface area contributed by atoms with Crippen LogP contribution in [0.15, 0.2) is 48.6 Å². The van der Waals surface area contributed by atoms with E-state index in [9.17, 15) is 19.8 Å². The molecule has 3 N–H and O–H groups in total. The Hall–Kier alpha value is -2.18. The molecule has 0 aliphatic carbocycles. The molecule has 0 fully saturated rings.